The number of aromatic nitrogens is 1. The van der Waals surface area contributed by atoms with Crippen molar-refractivity contribution in [1.29, 1.82) is 0 Å². The molecule has 0 bridgehead atoms. The van der Waals surface area contributed by atoms with Gasteiger partial charge in [-0.2, -0.15) is 0 Å². The number of rotatable bonds is 5. The molecule has 0 aliphatic heterocycles. The number of benzene rings is 1. The van der Waals surface area contributed by atoms with Gasteiger partial charge in [-0.3, -0.25) is 4.98 Å². The smallest absolute Gasteiger partial charge is 0.0892 e. The SMILES string of the molecule is Brc1ccc(COC/C=C/c2ccccc2)nc1. The zero-order chi connectivity index (χ0) is 12.6. The Morgan fingerprint density at radius 2 is 1.94 bits per heavy atom. The fourth-order valence-corrected chi connectivity index (χ4v) is 1.71. The molecule has 0 aliphatic rings. The standard InChI is InChI=1S/C15H14BrNO/c16-14-8-9-15(17-11-14)12-18-10-4-7-13-5-2-1-3-6-13/h1-9,11H,10,12H2/b7-4+. The number of ether oxygens (including phenoxy) is 1. The Balaban J connectivity index is 1.73. The molecule has 0 N–H and O–H groups in total. The third-order valence-corrected chi connectivity index (χ3v) is 2.83. The Hall–Kier alpha value is -1.45. The summed E-state index contributed by atoms with van der Waals surface area (Å²) in [5.41, 5.74) is 2.12. The summed E-state index contributed by atoms with van der Waals surface area (Å²) in [5, 5.41) is 0. The first kappa shape index (κ1) is 13.0. The van der Waals surface area contributed by atoms with Crippen molar-refractivity contribution in [2.75, 3.05) is 6.61 Å². The summed E-state index contributed by atoms with van der Waals surface area (Å²) in [6.07, 6.45) is 5.84. The van der Waals surface area contributed by atoms with Crippen LogP contribution in [0.25, 0.3) is 6.08 Å². The molecule has 0 aliphatic carbocycles. The topological polar surface area (TPSA) is 22.1 Å². The fraction of sp³-hybridized carbons (Fsp3) is 0.133. The van der Waals surface area contributed by atoms with Crippen LogP contribution in [0.15, 0.2) is 59.2 Å². The van der Waals surface area contributed by atoms with E-state index in [9.17, 15) is 0 Å². The lowest BCUT2D eigenvalue weighted by atomic mass is 10.2. The summed E-state index contributed by atoms with van der Waals surface area (Å²) in [7, 11) is 0. The van der Waals surface area contributed by atoms with Gasteiger partial charge in [-0.05, 0) is 33.6 Å². The molecular weight excluding hydrogens is 290 g/mol. The molecule has 2 rings (SSSR count). The summed E-state index contributed by atoms with van der Waals surface area (Å²) in [6.45, 7) is 1.12. The van der Waals surface area contributed by atoms with Gasteiger partial charge < -0.3 is 4.74 Å². The van der Waals surface area contributed by atoms with Crippen LogP contribution in [-0.2, 0) is 11.3 Å². The van der Waals surface area contributed by atoms with Gasteiger partial charge in [0.1, 0.15) is 0 Å². The largest absolute Gasteiger partial charge is 0.371 e. The number of hydrogen-bond acceptors (Lipinski definition) is 2. The molecule has 0 saturated carbocycles. The van der Waals surface area contributed by atoms with Crippen LogP contribution in [0.2, 0.25) is 0 Å². The van der Waals surface area contributed by atoms with E-state index >= 15 is 0 Å². The van der Waals surface area contributed by atoms with E-state index in [4.69, 9.17) is 4.74 Å². The molecule has 0 amide bonds. The van der Waals surface area contributed by atoms with E-state index < -0.39 is 0 Å². The van der Waals surface area contributed by atoms with Crippen LogP contribution in [0.3, 0.4) is 0 Å². The Morgan fingerprint density at radius 1 is 1.11 bits per heavy atom. The average Bonchev–Trinajstić information content (AvgIpc) is 2.42. The molecule has 0 spiro atoms. The maximum absolute atomic E-state index is 5.52. The first-order chi connectivity index (χ1) is 8.84. The third kappa shape index (κ3) is 4.43. The molecule has 0 radical (unpaired) electrons. The van der Waals surface area contributed by atoms with E-state index in [0.717, 1.165) is 10.2 Å². The average molecular weight is 304 g/mol. The van der Waals surface area contributed by atoms with Crippen LogP contribution in [-0.4, -0.2) is 11.6 Å². The molecule has 0 saturated heterocycles. The number of hydrogen-bond donors (Lipinski definition) is 0. The maximum Gasteiger partial charge on any atom is 0.0892 e. The minimum atomic E-state index is 0.534. The zero-order valence-corrected chi connectivity index (χ0v) is 11.5. The Morgan fingerprint density at radius 3 is 2.67 bits per heavy atom. The first-order valence-electron chi connectivity index (χ1n) is 5.74. The summed E-state index contributed by atoms with van der Waals surface area (Å²) in [5.74, 6) is 0. The molecule has 1 aromatic heterocycles. The van der Waals surface area contributed by atoms with Gasteiger partial charge in [0.05, 0.1) is 18.9 Å². The van der Waals surface area contributed by atoms with Gasteiger partial charge in [0.15, 0.2) is 0 Å². The van der Waals surface area contributed by atoms with Crippen molar-refractivity contribution < 1.29 is 4.74 Å². The lowest BCUT2D eigenvalue weighted by molar-refractivity contribution is 0.146. The summed E-state index contributed by atoms with van der Waals surface area (Å²) >= 11 is 3.35. The highest BCUT2D eigenvalue weighted by Crippen LogP contribution is 2.08. The highest BCUT2D eigenvalue weighted by Gasteiger charge is 1.93. The molecule has 0 atom stereocenters. The Bertz CT molecular complexity index is 494. The predicted octanol–water partition coefficient (Wildman–Crippen LogP) is 4.07. The van der Waals surface area contributed by atoms with Crippen molar-refractivity contribution >= 4 is 22.0 Å². The molecule has 2 nitrogen and oxygen atoms in total. The van der Waals surface area contributed by atoms with Crippen molar-refractivity contribution in [3.63, 3.8) is 0 Å². The molecule has 92 valence electrons. The number of pyridine rings is 1. The minimum Gasteiger partial charge on any atom is -0.371 e. The molecule has 2 aromatic rings. The molecule has 3 heteroatoms. The predicted molar refractivity (Wildman–Crippen MR) is 77.1 cm³/mol. The van der Waals surface area contributed by atoms with Crippen LogP contribution in [0, 0.1) is 0 Å². The van der Waals surface area contributed by atoms with E-state index in [1.807, 2.05) is 36.4 Å². The lowest BCUT2D eigenvalue weighted by Gasteiger charge is -2.00. The summed E-state index contributed by atoms with van der Waals surface area (Å²) in [6, 6.07) is 14.1. The van der Waals surface area contributed by atoms with E-state index in [1.165, 1.54) is 5.56 Å². The van der Waals surface area contributed by atoms with Crippen molar-refractivity contribution in [2.45, 2.75) is 6.61 Å². The van der Waals surface area contributed by atoms with Crippen molar-refractivity contribution in [2.24, 2.45) is 0 Å². The maximum atomic E-state index is 5.52. The van der Waals surface area contributed by atoms with Crippen molar-refractivity contribution in [3.8, 4) is 0 Å². The molecule has 1 aromatic carbocycles. The lowest BCUT2D eigenvalue weighted by Crippen LogP contribution is -1.95. The molecule has 18 heavy (non-hydrogen) atoms. The van der Waals surface area contributed by atoms with Crippen LogP contribution in [0.4, 0.5) is 0 Å². The van der Waals surface area contributed by atoms with Crippen molar-refractivity contribution in [1.82, 2.24) is 4.98 Å². The van der Waals surface area contributed by atoms with E-state index in [0.29, 0.717) is 13.2 Å². The normalized spacial score (nSPS) is 10.9. The quantitative estimate of drug-likeness (QED) is 0.777. The van der Waals surface area contributed by atoms with Gasteiger partial charge in [-0.25, -0.2) is 0 Å². The minimum absolute atomic E-state index is 0.534. The second-order valence-corrected chi connectivity index (χ2v) is 4.71. The van der Waals surface area contributed by atoms with Crippen LogP contribution < -0.4 is 0 Å². The first-order valence-corrected chi connectivity index (χ1v) is 6.53. The van der Waals surface area contributed by atoms with Crippen LogP contribution in [0.1, 0.15) is 11.3 Å². The molecule has 0 fully saturated rings. The van der Waals surface area contributed by atoms with E-state index in [-0.39, 0.29) is 0 Å². The third-order valence-electron chi connectivity index (χ3n) is 2.36. The highest BCUT2D eigenvalue weighted by atomic mass is 79.9. The van der Waals surface area contributed by atoms with E-state index in [2.05, 4.69) is 39.1 Å². The molecule has 1 heterocycles. The van der Waals surface area contributed by atoms with Gasteiger partial charge in [0.2, 0.25) is 0 Å². The summed E-state index contributed by atoms with van der Waals surface area (Å²) in [4.78, 5) is 4.24. The second-order valence-electron chi connectivity index (χ2n) is 3.80. The van der Waals surface area contributed by atoms with Gasteiger partial charge in [-0.1, -0.05) is 42.5 Å². The molecule has 0 unspecified atom stereocenters. The van der Waals surface area contributed by atoms with Crippen LogP contribution in [0.5, 0.6) is 0 Å². The van der Waals surface area contributed by atoms with Gasteiger partial charge >= 0.3 is 0 Å². The summed E-state index contributed by atoms with van der Waals surface area (Å²) < 4.78 is 6.50. The van der Waals surface area contributed by atoms with Crippen LogP contribution >= 0.6 is 15.9 Å². The van der Waals surface area contributed by atoms with Gasteiger partial charge in [-0.15, -0.1) is 0 Å². The van der Waals surface area contributed by atoms with Gasteiger partial charge in [0, 0.05) is 10.7 Å². The fourth-order valence-electron chi connectivity index (χ4n) is 1.47. The number of halogens is 1. The molecular formula is C15H14BrNO. The second kappa shape index (κ2) is 7.09. The zero-order valence-electron chi connectivity index (χ0n) is 9.92. The Kier molecular flexibility index (Phi) is 5.12. The monoisotopic (exact) mass is 303 g/mol. The number of nitrogens with zero attached hydrogens (tertiary/aromatic N) is 1. The van der Waals surface area contributed by atoms with Crippen molar-refractivity contribution in [3.05, 3.63) is 70.5 Å². The highest BCUT2D eigenvalue weighted by molar-refractivity contribution is 9.10. The van der Waals surface area contributed by atoms with E-state index in [1.54, 1.807) is 6.20 Å². The van der Waals surface area contributed by atoms with Gasteiger partial charge in [0.25, 0.3) is 0 Å². The Labute approximate surface area is 115 Å².